The first-order valence-corrected chi connectivity index (χ1v) is 9.67. The fraction of sp³-hybridized carbons (Fsp3) is 0.467. The summed E-state index contributed by atoms with van der Waals surface area (Å²) in [6.07, 6.45) is 0. The quantitative estimate of drug-likeness (QED) is 0.637. The SMILES string of the molecule is CC(C)CNC(=O)COC(=O)[C@H](C)NS(=O)(=O)c1ccc(Cl)c(Cl)c1. The molecule has 0 radical (unpaired) electrons. The molecular formula is C15H20Cl2N2O5S. The van der Waals surface area contributed by atoms with Crippen LogP contribution >= 0.6 is 23.2 Å². The Morgan fingerprint density at radius 2 is 1.80 bits per heavy atom. The van der Waals surface area contributed by atoms with E-state index in [-0.39, 0.29) is 20.9 Å². The zero-order chi connectivity index (χ0) is 19.2. The Hall–Kier alpha value is -1.35. The predicted octanol–water partition coefficient (Wildman–Crippen LogP) is 1.98. The van der Waals surface area contributed by atoms with Crippen LogP contribution in [0.25, 0.3) is 0 Å². The lowest BCUT2D eigenvalue weighted by Gasteiger charge is -2.14. The van der Waals surface area contributed by atoms with Gasteiger partial charge >= 0.3 is 5.97 Å². The lowest BCUT2D eigenvalue weighted by Crippen LogP contribution is -2.41. The van der Waals surface area contributed by atoms with E-state index in [0.717, 1.165) is 0 Å². The van der Waals surface area contributed by atoms with Crippen LogP contribution in [0.4, 0.5) is 0 Å². The van der Waals surface area contributed by atoms with Gasteiger partial charge in [-0.05, 0) is 31.0 Å². The minimum Gasteiger partial charge on any atom is -0.454 e. The van der Waals surface area contributed by atoms with Crippen LogP contribution in [-0.4, -0.2) is 39.5 Å². The van der Waals surface area contributed by atoms with Gasteiger partial charge in [0, 0.05) is 6.54 Å². The molecule has 0 saturated carbocycles. The third kappa shape index (κ3) is 7.19. The smallest absolute Gasteiger partial charge is 0.324 e. The first kappa shape index (κ1) is 21.7. The van der Waals surface area contributed by atoms with Crippen molar-refractivity contribution >= 4 is 45.1 Å². The number of hydrogen-bond donors (Lipinski definition) is 2. The van der Waals surface area contributed by atoms with E-state index in [1.54, 1.807) is 0 Å². The van der Waals surface area contributed by atoms with Crippen LogP contribution < -0.4 is 10.0 Å². The van der Waals surface area contributed by atoms with E-state index in [9.17, 15) is 18.0 Å². The van der Waals surface area contributed by atoms with E-state index in [4.69, 9.17) is 27.9 Å². The van der Waals surface area contributed by atoms with Gasteiger partial charge < -0.3 is 10.1 Å². The molecule has 2 N–H and O–H groups in total. The van der Waals surface area contributed by atoms with E-state index >= 15 is 0 Å². The number of carbonyl (C=O) groups is 2. The van der Waals surface area contributed by atoms with Crippen LogP contribution in [0.5, 0.6) is 0 Å². The van der Waals surface area contributed by atoms with Crippen LogP contribution in [0, 0.1) is 5.92 Å². The Balaban J connectivity index is 2.61. The highest BCUT2D eigenvalue weighted by Crippen LogP contribution is 2.24. The molecule has 140 valence electrons. The first-order valence-electron chi connectivity index (χ1n) is 7.43. The van der Waals surface area contributed by atoms with Crippen LogP contribution in [0.1, 0.15) is 20.8 Å². The number of halogens is 2. The minimum atomic E-state index is -4.00. The number of rotatable bonds is 8. The van der Waals surface area contributed by atoms with Gasteiger partial charge in [-0.15, -0.1) is 0 Å². The van der Waals surface area contributed by atoms with E-state index in [2.05, 4.69) is 10.0 Å². The summed E-state index contributed by atoms with van der Waals surface area (Å²) in [5.74, 6) is -1.07. The second-order valence-electron chi connectivity index (χ2n) is 5.72. The zero-order valence-corrected chi connectivity index (χ0v) is 16.3. The summed E-state index contributed by atoms with van der Waals surface area (Å²) in [5.41, 5.74) is 0. The molecule has 0 aliphatic heterocycles. The van der Waals surface area contributed by atoms with Gasteiger partial charge in [0.15, 0.2) is 6.61 Å². The number of amides is 1. The molecule has 0 unspecified atom stereocenters. The van der Waals surface area contributed by atoms with Gasteiger partial charge in [-0.2, -0.15) is 4.72 Å². The summed E-state index contributed by atoms with van der Waals surface area (Å²) in [6, 6.07) is 2.58. The fourth-order valence-electron chi connectivity index (χ4n) is 1.62. The van der Waals surface area contributed by atoms with Crippen molar-refractivity contribution in [1.82, 2.24) is 10.0 Å². The summed E-state index contributed by atoms with van der Waals surface area (Å²) in [5, 5.41) is 2.86. The van der Waals surface area contributed by atoms with Crippen molar-refractivity contribution in [2.45, 2.75) is 31.7 Å². The molecule has 0 aromatic heterocycles. The molecular weight excluding hydrogens is 391 g/mol. The highest BCUT2D eigenvalue weighted by Gasteiger charge is 2.24. The molecule has 0 aliphatic rings. The monoisotopic (exact) mass is 410 g/mol. The highest BCUT2D eigenvalue weighted by molar-refractivity contribution is 7.89. The number of carbonyl (C=O) groups excluding carboxylic acids is 2. The van der Waals surface area contributed by atoms with Crippen LogP contribution in [0.2, 0.25) is 10.0 Å². The van der Waals surface area contributed by atoms with Crippen LogP contribution in [0.15, 0.2) is 23.1 Å². The third-order valence-electron chi connectivity index (χ3n) is 2.94. The molecule has 1 atom stereocenters. The predicted molar refractivity (Wildman–Crippen MR) is 95.1 cm³/mol. The number of ether oxygens (including phenoxy) is 1. The number of benzene rings is 1. The van der Waals surface area contributed by atoms with Gasteiger partial charge in [0.2, 0.25) is 10.0 Å². The van der Waals surface area contributed by atoms with Crippen molar-refractivity contribution in [3.8, 4) is 0 Å². The molecule has 1 amide bonds. The normalized spacial score (nSPS) is 12.7. The van der Waals surface area contributed by atoms with E-state index in [0.29, 0.717) is 6.54 Å². The van der Waals surface area contributed by atoms with Gasteiger partial charge in [0.1, 0.15) is 6.04 Å². The number of nitrogens with one attached hydrogen (secondary N) is 2. The lowest BCUT2D eigenvalue weighted by molar-refractivity contribution is -0.149. The first-order chi connectivity index (χ1) is 11.5. The Morgan fingerprint density at radius 3 is 2.36 bits per heavy atom. The van der Waals surface area contributed by atoms with Gasteiger partial charge in [0.25, 0.3) is 5.91 Å². The molecule has 0 heterocycles. The summed E-state index contributed by atoms with van der Waals surface area (Å²) in [4.78, 5) is 23.2. The number of esters is 1. The third-order valence-corrected chi connectivity index (χ3v) is 5.22. The second-order valence-corrected chi connectivity index (χ2v) is 8.25. The Morgan fingerprint density at radius 1 is 1.16 bits per heavy atom. The van der Waals surface area contributed by atoms with Crippen molar-refractivity contribution in [3.05, 3.63) is 28.2 Å². The molecule has 7 nitrogen and oxygen atoms in total. The summed E-state index contributed by atoms with van der Waals surface area (Å²) in [7, 11) is -4.00. The maximum absolute atomic E-state index is 12.2. The van der Waals surface area contributed by atoms with Crippen molar-refractivity contribution in [3.63, 3.8) is 0 Å². The molecule has 0 bridgehead atoms. The molecule has 1 aromatic rings. The van der Waals surface area contributed by atoms with Crippen molar-refractivity contribution in [2.24, 2.45) is 5.92 Å². The van der Waals surface area contributed by atoms with Crippen molar-refractivity contribution in [1.29, 1.82) is 0 Å². The largest absolute Gasteiger partial charge is 0.454 e. The van der Waals surface area contributed by atoms with Crippen molar-refractivity contribution in [2.75, 3.05) is 13.2 Å². The second kappa shape index (κ2) is 9.38. The topological polar surface area (TPSA) is 102 Å². The molecule has 0 fully saturated rings. The fourth-order valence-corrected chi connectivity index (χ4v) is 3.20. The highest BCUT2D eigenvalue weighted by atomic mass is 35.5. The molecule has 0 saturated heterocycles. The number of sulfonamides is 1. The molecule has 25 heavy (non-hydrogen) atoms. The average molecular weight is 411 g/mol. The lowest BCUT2D eigenvalue weighted by atomic mass is 10.2. The molecule has 10 heteroatoms. The van der Waals surface area contributed by atoms with Crippen LogP contribution in [-0.2, 0) is 24.3 Å². The summed E-state index contributed by atoms with van der Waals surface area (Å²) in [6.45, 7) is 5.13. The average Bonchev–Trinajstić information content (AvgIpc) is 2.52. The summed E-state index contributed by atoms with van der Waals surface area (Å²) >= 11 is 11.5. The van der Waals surface area contributed by atoms with Crippen molar-refractivity contribution < 1.29 is 22.7 Å². The Kier molecular flexibility index (Phi) is 8.14. The maximum atomic E-state index is 12.2. The number of hydrogen-bond acceptors (Lipinski definition) is 5. The van der Waals surface area contributed by atoms with Gasteiger partial charge in [-0.3, -0.25) is 9.59 Å². The van der Waals surface area contributed by atoms with Gasteiger partial charge in [-0.25, -0.2) is 8.42 Å². The minimum absolute atomic E-state index is 0.0709. The Bertz CT molecular complexity index is 737. The Labute approximate surface area is 157 Å². The molecule has 0 spiro atoms. The molecule has 1 rings (SSSR count). The zero-order valence-electron chi connectivity index (χ0n) is 14.0. The van der Waals surface area contributed by atoms with Crippen LogP contribution in [0.3, 0.4) is 0 Å². The van der Waals surface area contributed by atoms with Gasteiger partial charge in [0.05, 0.1) is 14.9 Å². The van der Waals surface area contributed by atoms with E-state index in [1.165, 1.54) is 25.1 Å². The maximum Gasteiger partial charge on any atom is 0.324 e. The molecule has 1 aromatic carbocycles. The van der Waals surface area contributed by atoms with E-state index in [1.807, 2.05) is 13.8 Å². The van der Waals surface area contributed by atoms with Gasteiger partial charge in [-0.1, -0.05) is 37.0 Å². The van der Waals surface area contributed by atoms with E-state index < -0.39 is 34.5 Å². The molecule has 0 aliphatic carbocycles. The summed E-state index contributed by atoms with van der Waals surface area (Å²) < 4.78 is 31.4. The standard InChI is InChI=1S/C15H20Cl2N2O5S/c1-9(2)7-18-14(20)8-24-15(21)10(3)19-25(22,23)11-4-5-12(16)13(17)6-11/h4-6,9-10,19H,7-8H2,1-3H3,(H,18,20)/t10-/m0/s1.